The van der Waals surface area contributed by atoms with Crippen molar-refractivity contribution in [1.82, 2.24) is 14.8 Å². The number of hydrogen-bond acceptors (Lipinski definition) is 6. The minimum atomic E-state index is -0.395. The summed E-state index contributed by atoms with van der Waals surface area (Å²) in [7, 11) is 0. The fourth-order valence-electron chi connectivity index (χ4n) is 3.98. The maximum atomic E-state index is 12.8. The van der Waals surface area contributed by atoms with E-state index in [1.165, 1.54) is 10.5 Å². The van der Waals surface area contributed by atoms with Crippen LogP contribution in [0.25, 0.3) is 0 Å². The van der Waals surface area contributed by atoms with Gasteiger partial charge in [0.1, 0.15) is 18.3 Å². The average molecular weight is 397 g/mol. The van der Waals surface area contributed by atoms with E-state index in [9.17, 15) is 9.59 Å². The summed E-state index contributed by atoms with van der Waals surface area (Å²) in [6.07, 6.45) is 4.58. The summed E-state index contributed by atoms with van der Waals surface area (Å²) in [5, 5.41) is 0. The molecule has 0 spiro atoms. The van der Waals surface area contributed by atoms with Crippen molar-refractivity contribution >= 4 is 23.7 Å². The Morgan fingerprint density at radius 1 is 1.21 bits per heavy atom. The normalized spacial score (nSPS) is 22.3. The van der Waals surface area contributed by atoms with Crippen LogP contribution in [0.15, 0.2) is 35.0 Å². The second-order valence-electron chi connectivity index (χ2n) is 7.63. The molecule has 1 unspecified atom stereocenters. The maximum absolute atomic E-state index is 12.8. The van der Waals surface area contributed by atoms with Crippen molar-refractivity contribution < 1.29 is 14.3 Å². The van der Waals surface area contributed by atoms with E-state index >= 15 is 0 Å². The molecule has 3 aliphatic rings. The van der Waals surface area contributed by atoms with Gasteiger partial charge in [-0.25, -0.2) is 9.78 Å². The second kappa shape index (κ2) is 8.23. The molecule has 2 saturated heterocycles. The number of piperazine rings is 1. The van der Waals surface area contributed by atoms with Gasteiger partial charge in [0.15, 0.2) is 0 Å². The second-order valence-corrected chi connectivity index (χ2v) is 7.63. The largest absolute Gasteiger partial charge is 0.447 e. The fourth-order valence-corrected chi connectivity index (χ4v) is 3.98. The SMILES string of the molecule is CCC1C=C(C)C(N2CCN(C(=O)c3ccc(N4CCOC4=O)nc3)CC2)=NC1. The van der Waals surface area contributed by atoms with Crippen LogP contribution in [0.4, 0.5) is 10.6 Å². The monoisotopic (exact) mass is 397 g/mol. The molecule has 0 aromatic carbocycles. The number of nitrogens with zero attached hydrogens (tertiary/aromatic N) is 5. The molecule has 0 bridgehead atoms. The highest BCUT2D eigenvalue weighted by atomic mass is 16.6. The number of aromatic nitrogens is 1. The van der Waals surface area contributed by atoms with E-state index < -0.39 is 6.09 Å². The van der Waals surface area contributed by atoms with Crippen LogP contribution in [-0.4, -0.2) is 78.5 Å². The van der Waals surface area contributed by atoms with E-state index in [0.717, 1.165) is 31.9 Å². The molecule has 8 heteroatoms. The van der Waals surface area contributed by atoms with Gasteiger partial charge >= 0.3 is 6.09 Å². The van der Waals surface area contributed by atoms with Crippen molar-refractivity contribution in [2.24, 2.45) is 10.9 Å². The number of amidine groups is 1. The van der Waals surface area contributed by atoms with E-state index in [-0.39, 0.29) is 5.91 Å². The van der Waals surface area contributed by atoms with Crippen LogP contribution < -0.4 is 4.90 Å². The number of anilines is 1. The third-order valence-electron chi connectivity index (χ3n) is 5.74. The number of pyridine rings is 1. The third-order valence-corrected chi connectivity index (χ3v) is 5.74. The Labute approximate surface area is 170 Å². The van der Waals surface area contributed by atoms with Crippen LogP contribution in [0.1, 0.15) is 30.6 Å². The number of aliphatic imine (C=N–C) groups is 1. The summed E-state index contributed by atoms with van der Waals surface area (Å²) in [5.41, 5.74) is 1.77. The molecule has 2 fully saturated rings. The Morgan fingerprint density at radius 2 is 2.00 bits per heavy atom. The molecule has 1 atom stereocenters. The number of amides is 2. The molecule has 8 nitrogen and oxygen atoms in total. The van der Waals surface area contributed by atoms with Crippen molar-refractivity contribution in [3.63, 3.8) is 0 Å². The van der Waals surface area contributed by atoms with E-state index in [4.69, 9.17) is 9.73 Å². The van der Waals surface area contributed by atoms with Gasteiger partial charge in [-0.15, -0.1) is 0 Å². The van der Waals surface area contributed by atoms with E-state index in [2.05, 4.69) is 29.8 Å². The Morgan fingerprint density at radius 3 is 2.59 bits per heavy atom. The minimum Gasteiger partial charge on any atom is -0.447 e. The summed E-state index contributed by atoms with van der Waals surface area (Å²) in [6, 6.07) is 3.43. The predicted octanol–water partition coefficient (Wildman–Crippen LogP) is 2.18. The van der Waals surface area contributed by atoms with Crippen LogP contribution in [0.3, 0.4) is 0 Å². The quantitative estimate of drug-likeness (QED) is 0.781. The fraction of sp³-hybridized carbons (Fsp3) is 0.524. The molecule has 0 saturated carbocycles. The summed E-state index contributed by atoms with van der Waals surface area (Å²) in [4.78, 5) is 39.1. The van der Waals surface area contributed by atoms with Gasteiger partial charge in [-0.3, -0.25) is 14.7 Å². The summed E-state index contributed by atoms with van der Waals surface area (Å²) >= 11 is 0. The van der Waals surface area contributed by atoms with E-state index in [0.29, 0.717) is 43.5 Å². The standard InChI is InChI=1S/C21H27N5O3/c1-3-16-12-15(2)19(23-13-16)24-6-8-25(9-7-24)20(27)17-4-5-18(22-14-17)26-10-11-29-21(26)28/h4-5,12,14,16H,3,6-11,13H2,1-2H3. The number of carbonyl (C=O) groups excluding carboxylic acids is 2. The van der Waals surface area contributed by atoms with Crippen molar-refractivity contribution in [1.29, 1.82) is 0 Å². The minimum absolute atomic E-state index is 0.0309. The number of cyclic esters (lactones) is 1. The lowest BCUT2D eigenvalue weighted by atomic mass is 9.99. The van der Waals surface area contributed by atoms with Crippen molar-refractivity contribution in [3.8, 4) is 0 Å². The Hall–Kier alpha value is -2.90. The average Bonchev–Trinajstić information content (AvgIpc) is 3.19. The lowest BCUT2D eigenvalue weighted by Gasteiger charge is -2.38. The molecule has 0 radical (unpaired) electrons. The van der Waals surface area contributed by atoms with E-state index in [1.807, 2.05) is 4.90 Å². The maximum Gasteiger partial charge on any atom is 0.415 e. The lowest BCUT2D eigenvalue weighted by molar-refractivity contribution is 0.0691. The first-order valence-corrected chi connectivity index (χ1v) is 10.2. The van der Waals surface area contributed by atoms with Gasteiger partial charge < -0.3 is 14.5 Å². The molecule has 154 valence electrons. The molecule has 0 N–H and O–H groups in total. The zero-order valence-corrected chi connectivity index (χ0v) is 17.0. The number of rotatable bonds is 3. The molecule has 29 heavy (non-hydrogen) atoms. The highest BCUT2D eigenvalue weighted by molar-refractivity contribution is 5.99. The van der Waals surface area contributed by atoms with Crippen molar-refractivity contribution in [2.75, 3.05) is 50.8 Å². The lowest BCUT2D eigenvalue weighted by Crippen LogP contribution is -2.51. The zero-order chi connectivity index (χ0) is 20.4. The summed E-state index contributed by atoms with van der Waals surface area (Å²) in [6.45, 7) is 8.88. The number of carbonyl (C=O) groups is 2. The first-order chi connectivity index (χ1) is 14.1. The smallest absolute Gasteiger partial charge is 0.415 e. The molecule has 2 amide bonds. The van der Waals surface area contributed by atoms with Gasteiger partial charge in [0.05, 0.1) is 12.1 Å². The van der Waals surface area contributed by atoms with Gasteiger partial charge in [-0.1, -0.05) is 13.0 Å². The Kier molecular flexibility index (Phi) is 5.51. The zero-order valence-electron chi connectivity index (χ0n) is 17.0. The Balaban J connectivity index is 1.35. The molecule has 0 aliphatic carbocycles. The number of ether oxygens (including phenoxy) is 1. The number of dihydropyridines is 1. The summed E-state index contributed by atoms with van der Waals surface area (Å²) < 4.78 is 4.93. The first-order valence-electron chi connectivity index (χ1n) is 10.2. The highest BCUT2D eigenvalue weighted by Crippen LogP contribution is 2.20. The molecule has 1 aromatic rings. The topological polar surface area (TPSA) is 78.3 Å². The van der Waals surface area contributed by atoms with Gasteiger partial charge in [0.25, 0.3) is 5.91 Å². The molecule has 1 aromatic heterocycles. The predicted molar refractivity (Wildman–Crippen MR) is 110 cm³/mol. The molecule has 4 heterocycles. The Bertz CT molecular complexity index is 840. The van der Waals surface area contributed by atoms with Crippen molar-refractivity contribution in [3.05, 3.63) is 35.5 Å². The van der Waals surface area contributed by atoms with Gasteiger partial charge in [0.2, 0.25) is 0 Å². The number of hydrogen-bond donors (Lipinski definition) is 0. The van der Waals surface area contributed by atoms with Crippen LogP contribution in [0, 0.1) is 5.92 Å². The van der Waals surface area contributed by atoms with Crippen LogP contribution in [0.5, 0.6) is 0 Å². The van der Waals surface area contributed by atoms with E-state index in [1.54, 1.807) is 18.3 Å². The molecule has 3 aliphatic heterocycles. The van der Waals surface area contributed by atoms with Gasteiger partial charge in [-0.05, 0) is 37.0 Å². The van der Waals surface area contributed by atoms with Crippen LogP contribution >= 0.6 is 0 Å². The first kappa shape index (κ1) is 19.4. The van der Waals surface area contributed by atoms with Crippen LogP contribution in [-0.2, 0) is 4.74 Å². The highest BCUT2D eigenvalue weighted by Gasteiger charge is 2.27. The van der Waals surface area contributed by atoms with Crippen LogP contribution in [0.2, 0.25) is 0 Å². The van der Waals surface area contributed by atoms with Gasteiger partial charge in [0, 0.05) is 38.9 Å². The van der Waals surface area contributed by atoms with Crippen molar-refractivity contribution in [2.45, 2.75) is 20.3 Å². The molecular weight excluding hydrogens is 370 g/mol. The summed E-state index contributed by atoms with van der Waals surface area (Å²) in [5.74, 6) is 2.10. The third kappa shape index (κ3) is 3.97. The molecular formula is C21H27N5O3. The van der Waals surface area contributed by atoms with Gasteiger partial charge in [-0.2, -0.15) is 0 Å². The molecule has 4 rings (SSSR count).